The number of carbonyl (C=O) groups is 2. The fraction of sp³-hybridized carbons (Fsp3) is 0.300. The highest BCUT2D eigenvalue weighted by atomic mass is 16.6. The van der Waals surface area contributed by atoms with Gasteiger partial charge in [0.15, 0.2) is 6.61 Å². The van der Waals surface area contributed by atoms with E-state index >= 15 is 0 Å². The van der Waals surface area contributed by atoms with Gasteiger partial charge in [-0.1, -0.05) is 18.2 Å². The van der Waals surface area contributed by atoms with Crippen molar-refractivity contribution in [2.45, 2.75) is 25.7 Å². The normalized spacial score (nSPS) is 12.2. The van der Waals surface area contributed by atoms with Gasteiger partial charge in [0.25, 0.3) is 11.6 Å². The number of methoxy groups -OCH3 is 1. The molecule has 1 aliphatic carbocycles. The molecule has 0 fully saturated rings. The number of nitrogens with one attached hydrogen (secondary N) is 1. The van der Waals surface area contributed by atoms with Crippen molar-refractivity contribution >= 4 is 23.3 Å². The predicted octanol–water partition coefficient (Wildman–Crippen LogP) is 2.82. The number of esters is 1. The number of fused-ring (bicyclic) bond motifs is 1. The Morgan fingerprint density at radius 1 is 1.14 bits per heavy atom. The molecule has 0 spiro atoms. The summed E-state index contributed by atoms with van der Waals surface area (Å²) < 4.78 is 10.1. The largest absolute Gasteiger partial charge is 0.494 e. The molecule has 0 saturated heterocycles. The van der Waals surface area contributed by atoms with Crippen LogP contribution in [0.3, 0.4) is 0 Å². The zero-order valence-electron chi connectivity index (χ0n) is 15.4. The van der Waals surface area contributed by atoms with Crippen LogP contribution in [0, 0.1) is 10.1 Å². The lowest BCUT2D eigenvalue weighted by molar-refractivity contribution is -0.384. The Morgan fingerprint density at radius 3 is 2.68 bits per heavy atom. The summed E-state index contributed by atoms with van der Waals surface area (Å²) in [6.45, 7) is -0.454. The summed E-state index contributed by atoms with van der Waals surface area (Å²) in [5.41, 5.74) is 3.56. The van der Waals surface area contributed by atoms with Crippen LogP contribution in [0.1, 0.15) is 23.1 Å². The third kappa shape index (κ3) is 4.64. The zero-order valence-corrected chi connectivity index (χ0v) is 15.4. The number of rotatable bonds is 7. The van der Waals surface area contributed by atoms with Crippen LogP contribution in [-0.2, 0) is 33.6 Å². The van der Waals surface area contributed by atoms with Crippen LogP contribution in [0.25, 0.3) is 0 Å². The first-order valence-electron chi connectivity index (χ1n) is 8.85. The molecule has 0 heterocycles. The number of non-ortho nitro benzene ring substituents is 1. The van der Waals surface area contributed by atoms with E-state index in [1.54, 1.807) is 0 Å². The maximum Gasteiger partial charge on any atom is 0.310 e. The zero-order chi connectivity index (χ0) is 20.1. The monoisotopic (exact) mass is 384 g/mol. The molecule has 0 aliphatic heterocycles. The number of carbonyl (C=O) groups excluding carboxylic acids is 2. The summed E-state index contributed by atoms with van der Waals surface area (Å²) in [5.74, 6) is -0.912. The van der Waals surface area contributed by atoms with E-state index in [-0.39, 0.29) is 23.5 Å². The molecule has 3 rings (SSSR count). The van der Waals surface area contributed by atoms with Gasteiger partial charge in [-0.15, -0.1) is 0 Å². The van der Waals surface area contributed by atoms with Gasteiger partial charge in [0.2, 0.25) is 0 Å². The lowest BCUT2D eigenvalue weighted by Gasteiger charge is -2.10. The molecule has 2 aromatic carbocycles. The lowest BCUT2D eigenvalue weighted by atomic mass is 10.0. The minimum Gasteiger partial charge on any atom is -0.494 e. The maximum absolute atomic E-state index is 12.0. The molecule has 8 nitrogen and oxygen atoms in total. The van der Waals surface area contributed by atoms with Crippen molar-refractivity contribution in [1.29, 1.82) is 0 Å². The highest BCUT2D eigenvalue weighted by molar-refractivity contribution is 5.94. The van der Waals surface area contributed by atoms with E-state index in [1.165, 1.54) is 36.4 Å². The van der Waals surface area contributed by atoms with Gasteiger partial charge in [0.05, 0.1) is 30.2 Å². The van der Waals surface area contributed by atoms with Crippen LogP contribution in [0.15, 0.2) is 36.4 Å². The quantitative estimate of drug-likeness (QED) is 0.447. The second-order valence-corrected chi connectivity index (χ2v) is 6.48. The Labute approximate surface area is 161 Å². The van der Waals surface area contributed by atoms with Gasteiger partial charge in [-0.3, -0.25) is 19.7 Å². The molecule has 2 aromatic rings. The number of benzene rings is 2. The summed E-state index contributed by atoms with van der Waals surface area (Å²) >= 11 is 0. The summed E-state index contributed by atoms with van der Waals surface area (Å²) in [5, 5.41) is 13.3. The van der Waals surface area contributed by atoms with Crippen molar-refractivity contribution in [3.05, 3.63) is 63.2 Å². The molecular formula is C20H20N2O6. The molecule has 0 radical (unpaired) electrons. The van der Waals surface area contributed by atoms with Gasteiger partial charge in [-0.05, 0) is 42.0 Å². The fourth-order valence-electron chi connectivity index (χ4n) is 3.18. The van der Waals surface area contributed by atoms with Crippen molar-refractivity contribution in [2.24, 2.45) is 0 Å². The van der Waals surface area contributed by atoms with Gasteiger partial charge in [0.1, 0.15) is 5.75 Å². The first-order chi connectivity index (χ1) is 13.5. The topological polar surface area (TPSA) is 108 Å². The number of anilines is 1. The molecule has 0 saturated carbocycles. The lowest BCUT2D eigenvalue weighted by Crippen LogP contribution is -2.22. The second-order valence-electron chi connectivity index (χ2n) is 6.48. The van der Waals surface area contributed by atoms with Crippen molar-refractivity contribution in [3.63, 3.8) is 0 Å². The Morgan fingerprint density at radius 2 is 1.93 bits per heavy atom. The second kappa shape index (κ2) is 8.51. The SMILES string of the molecule is COc1cc([N+](=O)[O-])ccc1NC(=O)COC(=O)Cc1ccc2c(c1)CCC2. The number of ether oxygens (including phenoxy) is 2. The number of aryl methyl sites for hydroxylation is 2. The van der Waals surface area contributed by atoms with Crippen LogP contribution >= 0.6 is 0 Å². The molecule has 0 unspecified atom stereocenters. The standard InChI is InChI=1S/C20H20N2O6/c1-27-18-11-16(22(25)26)7-8-17(18)21-19(23)12-28-20(24)10-13-5-6-14-3-2-4-15(14)9-13/h5-9,11H,2-4,10,12H2,1H3,(H,21,23). The van der Waals surface area contributed by atoms with Gasteiger partial charge in [0, 0.05) is 6.07 Å². The summed E-state index contributed by atoms with van der Waals surface area (Å²) in [6, 6.07) is 9.78. The van der Waals surface area contributed by atoms with E-state index in [0.717, 1.165) is 24.8 Å². The Hall–Kier alpha value is -3.42. The molecule has 28 heavy (non-hydrogen) atoms. The van der Waals surface area contributed by atoms with Gasteiger partial charge < -0.3 is 14.8 Å². The first kappa shape index (κ1) is 19.3. The van der Waals surface area contributed by atoms with E-state index in [0.29, 0.717) is 0 Å². The molecule has 0 atom stereocenters. The third-order valence-electron chi connectivity index (χ3n) is 4.55. The number of nitro benzene ring substituents is 1. The van der Waals surface area contributed by atoms with Gasteiger partial charge in [-0.25, -0.2) is 0 Å². The molecule has 8 heteroatoms. The number of hydrogen-bond acceptors (Lipinski definition) is 6. The van der Waals surface area contributed by atoms with Crippen LogP contribution in [-0.4, -0.2) is 30.5 Å². The van der Waals surface area contributed by atoms with Crippen molar-refractivity contribution in [2.75, 3.05) is 19.0 Å². The van der Waals surface area contributed by atoms with E-state index in [4.69, 9.17) is 9.47 Å². The van der Waals surface area contributed by atoms with Crippen molar-refractivity contribution < 1.29 is 24.0 Å². The van der Waals surface area contributed by atoms with Crippen molar-refractivity contribution in [3.8, 4) is 5.75 Å². The summed E-state index contributed by atoms with van der Waals surface area (Å²) in [4.78, 5) is 34.3. The highest BCUT2D eigenvalue weighted by Gasteiger charge is 2.16. The average molecular weight is 384 g/mol. The van der Waals surface area contributed by atoms with Crippen LogP contribution in [0.2, 0.25) is 0 Å². The Kier molecular flexibility index (Phi) is 5.88. The summed E-state index contributed by atoms with van der Waals surface area (Å²) in [7, 11) is 1.34. The molecule has 0 aromatic heterocycles. The minimum atomic E-state index is -0.561. The molecule has 1 N–H and O–H groups in total. The number of nitrogens with zero attached hydrogens (tertiary/aromatic N) is 1. The van der Waals surface area contributed by atoms with Crippen LogP contribution < -0.4 is 10.1 Å². The smallest absolute Gasteiger partial charge is 0.310 e. The number of hydrogen-bond donors (Lipinski definition) is 1. The maximum atomic E-state index is 12.0. The van der Waals surface area contributed by atoms with Gasteiger partial charge in [-0.2, -0.15) is 0 Å². The first-order valence-corrected chi connectivity index (χ1v) is 8.85. The number of amides is 1. The Balaban J connectivity index is 1.52. The molecule has 1 aliphatic rings. The third-order valence-corrected chi connectivity index (χ3v) is 4.55. The molecule has 146 valence electrons. The molecular weight excluding hydrogens is 364 g/mol. The Bertz CT molecular complexity index is 925. The average Bonchev–Trinajstić information content (AvgIpc) is 3.14. The van der Waals surface area contributed by atoms with Crippen LogP contribution in [0.5, 0.6) is 5.75 Å². The predicted molar refractivity (Wildman–Crippen MR) is 101 cm³/mol. The van der Waals surface area contributed by atoms with E-state index in [1.807, 2.05) is 18.2 Å². The van der Waals surface area contributed by atoms with E-state index in [9.17, 15) is 19.7 Å². The van der Waals surface area contributed by atoms with E-state index in [2.05, 4.69) is 5.32 Å². The van der Waals surface area contributed by atoms with Crippen molar-refractivity contribution in [1.82, 2.24) is 0 Å². The number of nitro groups is 1. The van der Waals surface area contributed by atoms with E-state index < -0.39 is 23.4 Å². The van der Waals surface area contributed by atoms with Crippen LogP contribution in [0.4, 0.5) is 11.4 Å². The molecule has 0 bridgehead atoms. The fourth-order valence-corrected chi connectivity index (χ4v) is 3.18. The minimum absolute atomic E-state index is 0.0986. The summed E-state index contributed by atoms with van der Waals surface area (Å²) in [6.07, 6.45) is 3.33. The van der Waals surface area contributed by atoms with Gasteiger partial charge >= 0.3 is 5.97 Å². The molecule has 1 amide bonds. The highest BCUT2D eigenvalue weighted by Crippen LogP contribution is 2.29.